The van der Waals surface area contributed by atoms with Crippen molar-refractivity contribution >= 4 is 33.2 Å². The largest absolute Gasteiger partial charge is 0.416 e. The van der Waals surface area contributed by atoms with Gasteiger partial charge < -0.3 is 15.0 Å². The minimum absolute atomic E-state index is 0.0114. The molecule has 3 aromatic rings. The summed E-state index contributed by atoms with van der Waals surface area (Å²) in [5.41, 5.74) is -0.248. The molecule has 2 heterocycles. The van der Waals surface area contributed by atoms with Crippen LogP contribution in [0.1, 0.15) is 45.2 Å². The number of alkyl halides is 3. The van der Waals surface area contributed by atoms with Crippen LogP contribution in [0.15, 0.2) is 42.5 Å². The zero-order chi connectivity index (χ0) is 24.5. The Morgan fingerprint density at radius 3 is 2.68 bits per heavy atom. The lowest BCUT2D eigenvalue weighted by Gasteiger charge is -2.26. The first kappa shape index (κ1) is 24.2. The van der Waals surface area contributed by atoms with Crippen molar-refractivity contribution in [3.8, 4) is 0 Å². The summed E-state index contributed by atoms with van der Waals surface area (Å²) >= 11 is 1.08. The van der Waals surface area contributed by atoms with E-state index >= 15 is 0 Å². The molecule has 1 aromatic heterocycles. The van der Waals surface area contributed by atoms with E-state index in [0.29, 0.717) is 29.6 Å². The Kier molecular flexibility index (Phi) is 6.90. The predicted octanol–water partition coefficient (Wildman–Crippen LogP) is 5.30. The van der Waals surface area contributed by atoms with Crippen LogP contribution in [-0.4, -0.2) is 36.9 Å². The standard InChI is InChI=1S/C24H22F4N2O3S/c1-33-13-16-21-17(25)7-3-8-19(21)34-22(16)23(32)29-18(12-30-10-4-9-20(30)31)14-5-2-6-15(11-14)24(26,27)28/h2-3,5-8,11,18H,4,9-10,12-13H2,1H3,(H,29,32). The Labute approximate surface area is 197 Å². The van der Waals surface area contributed by atoms with E-state index in [1.807, 2.05) is 0 Å². The lowest BCUT2D eigenvalue weighted by Crippen LogP contribution is -2.38. The Morgan fingerprint density at radius 1 is 1.24 bits per heavy atom. The summed E-state index contributed by atoms with van der Waals surface area (Å²) in [6.07, 6.45) is -3.55. The highest BCUT2D eigenvalue weighted by Crippen LogP contribution is 2.35. The maximum Gasteiger partial charge on any atom is 0.416 e. The van der Waals surface area contributed by atoms with Crippen LogP contribution < -0.4 is 5.32 Å². The van der Waals surface area contributed by atoms with E-state index in [9.17, 15) is 27.2 Å². The Morgan fingerprint density at radius 2 is 2.00 bits per heavy atom. The smallest absolute Gasteiger partial charge is 0.380 e. The third-order valence-corrected chi connectivity index (χ3v) is 6.95. The van der Waals surface area contributed by atoms with Crippen LogP contribution in [0.5, 0.6) is 0 Å². The van der Waals surface area contributed by atoms with Crippen molar-refractivity contribution < 1.29 is 31.9 Å². The third kappa shape index (κ3) is 4.92. The number of amides is 2. The number of hydrogen-bond acceptors (Lipinski definition) is 4. The molecule has 0 spiro atoms. The Balaban J connectivity index is 1.71. The monoisotopic (exact) mass is 494 g/mol. The van der Waals surface area contributed by atoms with Gasteiger partial charge in [-0.05, 0) is 36.2 Å². The molecule has 34 heavy (non-hydrogen) atoms. The number of carbonyl (C=O) groups is 2. The summed E-state index contributed by atoms with van der Waals surface area (Å²) in [6.45, 7) is 0.487. The van der Waals surface area contributed by atoms with Crippen molar-refractivity contribution in [2.75, 3.05) is 20.2 Å². The molecule has 0 bridgehead atoms. The molecule has 1 saturated heterocycles. The summed E-state index contributed by atoms with van der Waals surface area (Å²) in [7, 11) is 1.43. The lowest BCUT2D eigenvalue weighted by atomic mass is 10.0. The number of halogens is 4. The summed E-state index contributed by atoms with van der Waals surface area (Å²) in [4.78, 5) is 27.3. The van der Waals surface area contributed by atoms with E-state index in [0.717, 1.165) is 23.5 Å². The van der Waals surface area contributed by atoms with Gasteiger partial charge in [-0.25, -0.2) is 4.39 Å². The maximum atomic E-state index is 14.5. The van der Waals surface area contributed by atoms with Crippen molar-refractivity contribution in [3.63, 3.8) is 0 Å². The highest BCUT2D eigenvalue weighted by molar-refractivity contribution is 7.21. The number of fused-ring (bicyclic) bond motifs is 1. The van der Waals surface area contributed by atoms with Crippen LogP contribution in [0.3, 0.4) is 0 Å². The van der Waals surface area contributed by atoms with Crippen molar-refractivity contribution in [2.45, 2.75) is 31.7 Å². The quantitative estimate of drug-likeness (QED) is 0.454. The van der Waals surface area contributed by atoms with Crippen molar-refractivity contribution in [1.82, 2.24) is 10.2 Å². The SMILES string of the molecule is COCc1c(C(=O)NC(CN2CCCC2=O)c2cccc(C(F)(F)F)c2)sc2cccc(F)c12. The van der Waals surface area contributed by atoms with Gasteiger partial charge in [0.25, 0.3) is 5.91 Å². The van der Waals surface area contributed by atoms with E-state index in [2.05, 4.69) is 5.32 Å². The minimum atomic E-state index is -4.55. The molecule has 0 radical (unpaired) electrons. The number of carbonyl (C=O) groups excluding carboxylic acids is 2. The average Bonchev–Trinajstić information content (AvgIpc) is 3.37. The molecule has 1 unspecified atom stereocenters. The number of ether oxygens (including phenoxy) is 1. The number of nitrogens with zero attached hydrogens (tertiary/aromatic N) is 1. The number of benzene rings is 2. The molecule has 1 N–H and O–H groups in total. The molecule has 0 aliphatic carbocycles. The van der Waals surface area contributed by atoms with Crippen molar-refractivity contribution in [2.24, 2.45) is 0 Å². The van der Waals surface area contributed by atoms with E-state index in [1.165, 1.54) is 36.3 Å². The number of thiophene rings is 1. The lowest BCUT2D eigenvalue weighted by molar-refractivity contribution is -0.137. The van der Waals surface area contributed by atoms with E-state index in [-0.39, 0.29) is 34.9 Å². The summed E-state index contributed by atoms with van der Waals surface area (Å²) < 4.78 is 60.2. The summed E-state index contributed by atoms with van der Waals surface area (Å²) in [5.74, 6) is -1.17. The van der Waals surface area contributed by atoms with Crippen molar-refractivity contribution in [3.05, 3.63) is 69.8 Å². The van der Waals surface area contributed by atoms with E-state index < -0.39 is 29.5 Å². The molecule has 1 atom stereocenters. The van der Waals surface area contributed by atoms with Gasteiger partial charge in [-0.3, -0.25) is 9.59 Å². The first-order valence-electron chi connectivity index (χ1n) is 10.6. The Bertz CT molecular complexity index is 1220. The number of nitrogens with one attached hydrogen (secondary N) is 1. The first-order valence-corrected chi connectivity index (χ1v) is 11.4. The van der Waals surface area contributed by atoms with Gasteiger partial charge in [0, 0.05) is 42.3 Å². The van der Waals surface area contributed by atoms with Gasteiger partial charge in [0.15, 0.2) is 0 Å². The molecule has 1 aliphatic rings. The topological polar surface area (TPSA) is 58.6 Å². The van der Waals surface area contributed by atoms with Gasteiger partial charge in [-0.15, -0.1) is 11.3 Å². The molecule has 5 nitrogen and oxygen atoms in total. The maximum absolute atomic E-state index is 14.5. The van der Waals surface area contributed by atoms with Crippen LogP contribution in [-0.2, 0) is 22.3 Å². The molecule has 4 rings (SSSR count). The van der Waals surface area contributed by atoms with Gasteiger partial charge in [0.05, 0.1) is 23.1 Å². The average molecular weight is 495 g/mol. The summed E-state index contributed by atoms with van der Waals surface area (Å²) in [5, 5.41) is 3.07. The highest BCUT2D eigenvalue weighted by atomic mass is 32.1. The van der Waals surface area contributed by atoms with Crippen LogP contribution in [0.2, 0.25) is 0 Å². The van der Waals surface area contributed by atoms with Gasteiger partial charge in [0.2, 0.25) is 5.91 Å². The normalized spacial score (nSPS) is 15.2. The zero-order valence-corrected chi connectivity index (χ0v) is 19.1. The Hall–Kier alpha value is -2.98. The van der Waals surface area contributed by atoms with Gasteiger partial charge in [0.1, 0.15) is 5.82 Å². The fourth-order valence-electron chi connectivity index (χ4n) is 4.14. The molecule has 1 fully saturated rings. The van der Waals surface area contributed by atoms with Crippen LogP contribution in [0.4, 0.5) is 17.6 Å². The molecule has 1 aliphatic heterocycles. The number of hydrogen-bond donors (Lipinski definition) is 1. The fraction of sp³-hybridized carbons (Fsp3) is 0.333. The van der Waals surface area contributed by atoms with Crippen LogP contribution in [0.25, 0.3) is 10.1 Å². The first-order chi connectivity index (χ1) is 16.2. The molecular weight excluding hydrogens is 472 g/mol. The highest BCUT2D eigenvalue weighted by Gasteiger charge is 2.32. The van der Waals surface area contributed by atoms with Gasteiger partial charge in [-0.1, -0.05) is 18.2 Å². The summed E-state index contributed by atoms with van der Waals surface area (Å²) in [6, 6.07) is 8.32. The van der Waals surface area contributed by atoms with E-state index in [4.69, 9.17) is 4.74 Å². The van der Waals surface area contributed by atoms with E-state index in [1.54, 1.807) is 6.07 Å². The van der Waals surface area contributed by atoms with Gasteiger partial charge in [-0.2, -0.15) is 13.2 Å². The molecule has 2 amide bonds. The molecule has 10 heteroatoms. The molecule has 180 valence electrons. The second-order valence-corrected chi connectivity index (χ2v) is 9.10. The predicted molar refractivity (Wildman–Crippen MR) is 120 cm³/mol. The number of methoxy groups -OCH3 is 1. The number of rotatable bonds is 7. The fourth-order valence-corrected chi connectivity index (χ4v) is 5.27. The number of likely N-dealkylation sites (tertiary alicyclic amines) is 1. The molecule has 2 aromatic carbocycles. The second kappa shape index (κ2) is 9.71. The second-order valence-electron chi connectivity index (χ2n) is 8.05. The molecular formula is C24H22F4N2O3S. The van der Waals surface area contributed by atoms with Crippen molar-refractivity contribution in [1.29, 1.82) is 0 Å². The molecule has 0 saturated carbocycles. The minimum Gasteiger partial charge on any atom is -0.380 e. The van der Waals surface area contributed by atoms with Gasteiger partial charge >= 0.3 is 6.18 Å². The zero-order valence-electron chi connectivity index (χ0n) is 18.2. The third-order valence-electron chi connectivity index (χ3n) is 5.75. The van der Waals surface area contributed by atoms with Crippen LogP contribution >= 0.6 is 11.3 Å². The van der Waals surface area contributed by atoms with Crippen LogP contribution in [0, 0.1) is 5.82 Å².